The minimum absolute atomic E-state index is 0.0330. The highest BCUT2D eigenvalue weighted by molar-refractivity contribution is 5.76. The molecule has 8 heteroatoms. The minimum Gasteiger partial charge on any atom is -0.481 e. The van der Waals surface area contributed by atoms with E-state index in [0.717, 1.165) is 64.2 Å². The van der Waals surface area contributed by atoms with Gasteiger partial charge in [-0.3, -0.25) is 4.79 Å². The Balaban J connectivity index is 1.29. The van der Waals surface area contributed by atoms with Crippen molar-refractivity contribution in [1.29, 1.82) is 0 Å². The van der Waals surface area contributed by atoms with Crippen LogP contribution in [0.5, 0.6) is 0 Å². The summed E-state index contributed by atoms with van der Waals surface area (Å²) in [6, 6.07) is 0. The van der Waals surface area contributed by atoms with Crippen LogP contribution in [0.4, 0.5) is 0 Å². The number of hydrogen-bond acceptors (Lipinski definition) is 7. The van der Waals surface area contributed by atoms with E-state index in [1.54, 1.807) is 0 Å². The van der Waals surface area contributed by atoms with E-state index in [-0.39, 0.29) is 39.1 Å². The number of allylic oxidation sites excluding steroid dienone is 2. The number of aliphatic hydroxyl groups is 4. The first-order valence-electron chi connectivity index (χ1n) is 17.3. The summed E-state index contributed by atoms with van der Waals surface area (Å²) in [6.07, 6.45) is 5.19. The molecule has 5 N–H and O–H groups in total. The third-order valence-corrected chi connectivity index (χ3v) is 15.1. The summed E-state index contributed by atoms with van der Waals surface area (Å²) < 4.78 is 12.2. The largest absolute Gasteiger partial charge is 0.481 e. The van der Waals surface area contributed by atoms with Gasteiger partial charge in [0.05, 0.1) is 18.1 Å². The maximum absolute atomic E-state index is 12.9. The van der Waals surface area contributed by atoms with Crippen LogP contribution in [0.1, 0.15) is 113 Å². The number of aliphatic hydroxyl groups excluding tert-OH is 4. The van der Waals surface area contributed by atoms with Crippen molar-refractivity contribution in [2.75, 3.05) is 6.61 Å². The Morgan fingerprint density at radius 2 is 1.57 bits per heavy atom. The molecule has 0 bridgehead atoms. The molecule has 1 saturated heterocycles. The van der Waals surface area contributed by atoms with E-state index < -0.39 is 48.7 Å². The van der Waals surface area contributed by atoms with Gasteiger partial charge in [0.15, 0.2) is 6.29 Å². The fourth-order valence-electron chi connectivity index (χ4n) is 12.2. The maximum atomic E-state index is 12.9. The van der Waals surface area contributed by atoms with Crippen LogP contribution in [0, 0.1) is 50.2 Å². The lowest BCUT2D eigenvalue weighted by atomic mass is 9.33. The Labute approximate surface area is 263 Å². The molecule has 6 aliphatic rings. The molecule has 44 heavy (non-hydrogen) atoms. The Morgan fingerprint density at radius 3 is 2.23 bits per heavy atom. The lowest BCUT2D eigenvalue weighted by molar-refractivity contribution is -0.330. The Bertz CT molecular complexity index is 1180. The van der Waals surface area contributed by atoms with Crippen molar-refractivity contribution in [1.82, 2.24) is 0 Å². The molecule has 6 rings (SSSR count). The van der Waals surface area contributed by atoms with Crippen LogP contribution >= 0.6 is 0 Å². The zero-order chi connectivity index (χ0) is 32.3. The molecule has 5 aliphatic carbocycles. The standard InChI is InChI=1S/C36H58O8/c1-31(2)14-16-36(30(41)42)17-15-34(6)20(21(36)18-31)8-9-24-33(5)12-11-25(32(3,4)23(33)10-13-35(24,34)7)44-29-28(40)27(39)26(38)22(19-37)43-29/h8,21-29,37-40H,9-19H2,1-7H3,(H,41,42)/t21-,22+,23?,24?,25-,26+,27-,28+,29-,33-,34+,35+,36-/m0/s1. The van der Waals surface area contributed by atoms with Crippen molar-refractivity contribution in [3.8, 4) is 0 Å². The molecule has 0 radical (unpaired) electrons. The second-order valence-electron chi connectivity index (χ2n) is 17.9. The average Bonchev–Trinajstić information content (AvgIpc) is 2.94. The lowest BCUT2D eigenvalue weighted by Gasteiger charge is -2.71. The molecule has 4 saturated carbocycles. The maximum Gasteiger partial charge on any atom is 0.310 e. The van der Waals surface area contributed by atoms with Crippen LogP contribution in [0.2, 0.25) is 0 Å². The quantitative estimate of drug-likeness (QED) is 0.218. The second-order valence-corrected chi connectivity index (χ2v) is 17.9. The molecule has 5 fully saturated rings. The van der Waals surface area contributed by atoms with Gasteiger partial charge in [-0.15, -0.1) is 0 Å². The van der Waals surface area contributed by atoms with Crippen molar-refractivity contribution in [2.24, 2.45) is 50.2 Å². The number of ether oxygens (including phenoxy) is 2. The first kappa shape index (κ1) is 32.9. The van der Waals surface area contributed by atoms with E-state index in [9.17, 15) is 30.3 Å². The molecule has 0 aromatic heterocycles. The second kappa shape index (κ2) is 10.5. The molecular formula is C36H58O8. The van der Waals surface area contributed by atoms with E-state index in [2.05, 4.69) is 54.5 Å². The van der Waals surface area contributed by atoms with Gasteiger partial charge in [0.1, 0.15) is 24.4 Å². The molecule has 2 unspecified atom stereocenters. The Kier molecular flexibility index (Phi) is 7.84. The molecular weight excluding hydrogens is 560 g/mol. The third-order valence-electron chi connectivity index (χ3n) is 15.1. The fraction of sp³-hybridized carbons (Fsp3) is 0.917. The number of rotatable bonds is 4. The first-order valence-corrected chi connectivity index (χ1v) is 17.3. The summed E-state index contributed by atoms with van der Waals surface area (Å²) >= 11 is 0. The monoisotopic (exact) mass is 618 g/mol. The van der Waals surface area contributed by atoms with Gasteiger partial charge in [0.2, 0.25) is 0 Å². The van der Waals surface area contributed by atoms with Gasteiger partial charge in [-0.1, -0.05) is 60.1 Å². The first-order chi connectivity index (χ1) is 20.4. The number of carbonyl (C=O) groups is 1. The predicted molar refractivity (Wildman–Crippen MR) is 165 cm³/mol. The Morgan fingerprint density at radius 1 is 0.886 bits per heavy atom. The molecule has 250 valence electrons. The van der Waals surface area contributed by atoms with Crippen LogP contribution in [0.15, 0.2) is 11.6 Å². The van der Waals surface area contributed by atoms with Crippen molar-refractivity contribution in [3.05, 3.63) is 11.6 Å². The van der Waals surface area contributed by atoms with Gasteiger partial charge < -0.3 is 35.0 Å². The number of aliphatic carboxylic acids is 1. The summed E-state index contributed by atoms with van der Waals surface area (Å²) in [5.41, 5.74) is 0.809. The van der Waals surface area contributed by atoms with E-state index in [4.69, 9.17) is 9.47 Å². The molecule has 0 aromatic carbocycles. The molecule has 0 spiro atoms. The topological polar surface area (TPSA) is 137 Å². The zero-order valence-corrected chi connectivity index (χ0v) is 28.0. The summed E-state index contributed by atoms with van der Waals surface area (Å²) in [6.45, 7) is 16.2. The van der Waals surface area contributed by atoms with Crippen LogP contribution in [0.3, 0.4) is 0 Å². The van der Waals surface area contributed by atoms with E-state index in [0.29, 0.717) is 11.8 Å². The number of carboxylic acids is 1. The van der Waals surface area contributed by atoms with Gasteiger partial charge in [0, 0.05) is 0 Å². The van der Waals surface area contributed by atoms with Crippen molar-refractivity contribution >= 4 is 5.97 Å². The van der Waals surface area contributed by atoms with E-state index in [1.165, 1.54) is 5.57 Å². The number of fused-ring (bicyclic) bond motifs is 7. The Hall–Kier alpha value is -1.03. The van der Waals surface area contributed by atoms with Gasteiger partial charge in [-0.05, 0) is 109 Å². The van der Waals surface area contributed by atoms with Gasteiger partial charge >= 0.3 is 5.97 Å². The van der Waals surface area contributed by atoms with Gasteiger partial charge in [0.25, 0.3) is 0 Å². The van der Waals surface area contributed by atoms with Crippen molar-refractivity contribution in [2.45, 2.75) is 149 Å². The third kappa shape index (κ3) is 4.40. The zero-order valence-electron chi connectivity index (χ0n) is 28.0. The summed E-state index contributed by atoms with van der Waals surface area (Å²) in [4.78, 5) is 12.9. The smallest absolute Gasteiger partial charge is 0.310 e. The fourth-order valence-corrected chi connectivity index (χ4v) is 12.2. The minimum atomic E-state index is -1.45. The molecule has 1 aliphatic heterocycles. The van der Waals surface area contributed by atoms with Crippen LogP contribution < -0.4 is 0 Å². The molecule has 1 heterocycles. The molecule has 13 atom stereocenters. The summed E-state index contributed by atoms with van der Waals surface area (Å²) in [5.74, 6) is 0.336. The van der Waals surface area contributed by atoms with Gasteiger partial charge in [-0.2, -0.15) is 0 Å². The van der Waals surface area contributed by atoms with E-state index >= 15 is 0 Å². The van der Waals surface area contributed by atoms with Crippen molar-refractivity contribution < 1.29 is 39.8 Å². The molecule has 0 amide bonds. The molecule has 0 aromatic rings. The summed E-state index contributed by atoms with van der Waals surface area (Å²) in [5, 5.41) is 51.7. The number of hydrogen-bond donors (Lipinski definition) is 5. The highest BCUT2D eigenvalue weighted by Crippen LogP contribution is 2.76. The van der Waals surface area contributed by atoms with Crippen LogP contribution in [-0.4, -0.2) is 74.9 Å². The average molecular weight is 619 g/mol. The summed E-state index contributed by atoms with van der Waals surface area (Å²) in [7, 11) is 0. The lowest BCUT2D eigenvalue weighted by Crippen LogP contribution is -2.66. The van der Waals surface area contributed by atoms with Crippen LogP contribution in [-0.2, 0) is 14.3 Å². The SMILES string of the molecule is CC1(C)CC[C@]2(C(=O)O)CC[C@]3(C)C(=CCC4[C@@]5(C)CC[C@H](O[C@@H]6O[C@H](CO)[C@@H](O)[C@H](O)[C@H]6O)C(C)(C)C5CC[C@]43C)[C@@H]2C1. The van der Waals surface area contributed by atoms with E-state index in [1.807, 2.05) is 0 Å². The number of carboxylic acid groups (broad SMARTS) is 1. The predicted octanol–water partition coefficient (Wildman–Crippen LogP) is 5.06. The highest BCUT2D eigenvalue weighted by Gasteiger charge is 2.69. The molecule has 8 nitrogen and oxygen atoms in total. The highest BCUT2D eigenvalue weighted by atomic mass is 16.7. The van der Waals surface area contributed by atoms with Crippen LogP contribution in [0.25, 0.3) is 0 Å². The van der Waals surface area contributed by atoms with Gasteiger partial charge in [-0.25, -0.2) is 0 Å². The normalized spacial score (nSPS) is 52.9. The van der Waals surface area contributed by atoms with Crippen molar-refractivity contribution in [3.63, 3.8) is 0 Å².